The molecule has 5 rings (SSSR count). The number of nitrogens with two attached hydrogens (primary N) is 1. The van der Waals surface area contributed by atoms with Gasteiger partial charge < -0.3 is 5.73 Å². The van der Waals surface area contributed by atoms with E-state index in [2.05, 4.69) is 10.2 Å². The van der Waals surface area contributed by atoms with E-state index in [1.165, 1.54) is 12.8 Å². The van der Waals surface area contributed by atoms with E-state index in [-0.39, 0.29) is 18.7 Å². The molecule has 8 heteroatoms. The van der Waals surface area contributed by atoms with Crippen molar-refractivity contribution >= 4 is 23.6 Å². The van der Waals surface area contributed by atoms with Crippen molar-refractivity contribution < 1.29 is 19.2 Å². The van der Waals surface area contributed by atoms with Crippen LogP contribution in [0.1, 0.15) is 71.2 Å². The van der Waals surface area contributed by atoms with Crippen molar-refractivity contribution in [2.75, 3.05) is 13.1 Å². The smallest absolute Gasteiger partial charge is 0.262 e. The molecule has 164 valence electrons. The largest absolute Gasteiger partial charge is 0.327 e. The molecular formula is C23H28N4O4. The zero-order valence-corrected chi connectivity index (χ0v) is 17.6. The normalized spacial score (nSPS) is 28.4. The molecule has 2 saturated heterocycles. The van der Waals surface area contributed by atoms with Gasteiger partial charge in [-0.1, -0.05) is 12.5 Å². The quantitative estimate of drug-likeness (QED) is 0.705. The Kier molecular flexibility index (Phi) is 4.94. The number of nitrogens with zero attached hydrogens (tertiary/aromatic N) is 2. The summed E-state index contributed by atoms with van der Waals surface area (Å²) in [4.78, 5) is 52.8. The van der Waals surface area contributed by atoms with E-state index >= 15 is 0 Å². The van der Waals surface area contributed by atoms with Gasteiger partial charge in [-0.3, -0.25) is 34.3 Å². The molecule has 0 aromatic heterocycles. The molecule has 1 aromatic carbocycles. The fourth-order valence-corrected chi connectivity index (χ4v) is 5.82. The van der Waals surface area contributed by atoms with E-state index in [1.807, 2.05) is 6.07 Å². The van der Waals surface area contributed by atoms with Crippen molar-refractivity contribution in [3.63, 3.8) is 0 Å². The van der Waals surface area contributed by atoms with Crippen LogP contribution < -0.4 is 11.1 Å². The molecule has 1 saturated carbocycles. The fraction of sp³-hybridized carbons (Fsp3) is 0.565. The number of benzene rings is 1. The maximum absolute atomic E-state index is 13.0. The number of amides is 4. The number of carbonyl (C=O) groups excluding carboxylic acids is 4. The summed E-state index contributed by atoms with van der Waals surface area (Å²) in [5.74, 6) is -1.87. The first-order valence-electron chi connectivity index (χ1n) is 11.2. The monoisotopic (exact) mass is 424 g/mol. The van der Waals surface area contributed by atoms with Crippen LogP contribution in [-0.4, -0.2) is 58.6 Å². The summed E-state index contributed by atoms with van der Waals surface area (Å²) in [5, 5.41) is 2.22. The molecule has 8 nitrogen and oxygen atoms in total. The average Bonchev–Trinajstić information content (AvgIpc) is 3.22. The van der Waals surface area contributed by atoms with Gasteiger partial charge in [0.2, 0.25) is 11.8 Å². The van der Waals surface area contributed by atoms with Gasteiger partial charge in [0, 0.05) is 19.0 Å². The number of hydrogen-bond acceptors (Lipinski definition) is 6. The highest BCUT2D eigenvalue weighted by atomic mass is 16.2. The highest BCUT2D eigenvalue weighted by Gasteiger charge is 2.45. The maximum atomic E-state index is 13.0. The number of fused-ring (bicyclic) bond motifs is 1. The molecule has 3 heterocycles. The van der Waals surface area contributed by atoms with Gasteiger partial charge in [-0.2, -0.15) is 0 Å². The summed E-state index contributed by atoms with van der Waals surface area (Å²) in [7, 11) is 0. The summed E-state index contributed by atoms with van der Waals surface area (Å²) in [6, 6.07) is 4.75. The van der Waals surface area contributed by atoms with Gasteiger partial charge in [0.1, 0.15) is 6.04 Å². The maximum Gasteiger partial charge on any atom is 0.262 e. The molecule has 4 aliphatic rings. The lowest BCUT2D eigenvalue weighted by Crippen LogP contribution is -2.54. The van der Waals surface area contributed by atoms with Crippen LogP contribution in [0.5, 0.6) is 0 Å². The third-order valence-corrected chi connectivity index (χ3v) is 7.74. The van der Waals surface area contributed by atoms with Gasteiger partial charge in [0.15, 0.2) is 0 Å². The van der Waals surface area contributed by atoms with E-state index in [0.717, 1.165) is 49.4 Å². The Labute approximate surface area is 181 Å². The molecule has 2 atom stereocenters. The van der Waals surface area contributed by atoms with Crippen molar-refractivity contribution in [3.05, 3.63) is 34.9 Å². The van der Waals surface area contributed by atoms with Gasteiger partial charge in [0.25, 0.3) is 11.8 Å². The zero-order valence-electron chi connectivity index (χ0n) is 17.6. The van der Waals surface area contributed by atoms with Crippen molar-refractivity contribution in [2.24, 2.45) is 11.1 Å². The topological polar surface area (TPSA) is 113 Å². The van der Waals surface area contributed by atoms with Crippen LogP contribution in [0, 0.1) is 5.41 Å². The van der Waals surface area contributed by atoms with E-state index in [9.17, 15) is 19.2 Å². The van der Waals surface area contributed by atoms with Crippen LogP contribution in [-0.2, 0) is 16.1 Å². The minimum atomic E-state index is -0.928. The molecule has 3 aliphatic heterocycles. The third-order valence-electron chi connectivity index (χ3n) is 7.74. The molecule has 1 aliphatic carbocycles. The van der Waals surface area contributed by atoms with Crippen LogP contribution in [0.4, 0.5) is 0 Å². The lowest BCUT2D eigenvalue weighted by Gasteiger charge is -2.42. The second-order valence-electron chi connectivity index (χ2n) is 9.46. The molecular weight excluding hydrogens is 396 g/mol. The predicted octanol–water partition coefficient (Wildman–Crippen LogP) is 1.18. The van der Waals surface area contributed by atoms with E-state index in [1.54, 1.807) is 12.1 Å². The fourth-order valence-electron chi connectivity index (χ4n) is 5.82. The first-order chi connectivity index (χ1) is 14.9. The van der Waals surface area contributed by atoms with Crippen LogP contribution >= 0.6 is 0 Å². The summed E-state index contributed by atoms with van der Waals surface area (Å²) < 4.78 is 0. The molecule has 0 bridgehead atoms. The van der Waals surface area contributed by atoms with E-state index in [0.29, 0.717) is 22.6 Å². The van der Waals surface area contributed by atoms with Gasteiger partial charge in [-0.25, -0.2) is 0 Å². The predicted molar refractivity (Wildman–Crippen MR) is 112 cm³/mol. The third kappa shape index (κ3) is 3.38. The Morgan fingerprint density at radius 3 is 2.42 bits per heavy atom. The number of hydrogen-bond donors (Lipinski definition) is 2. The molecule has 31 heavy (non-hydrogen) atoms. The van der Waals surface area contributed by atoms with E-state index in [4.69, 9.17) is 5.73 Å². The van der Waals surface area contributed by atoms with Gasteiger partial charge in [-0.05, 0) is 68.3 Å². The number of nitrogens with one attached hydrogen (secondary N) is 1. The second kappa shape index (κ2) is 7.53. The molecule has 3 fully saturated rings. The number of rotatable bonds is 3. The van der Waals surface area contributed by atoms with Crippen LogP contribution in [0.15, 0.2) is 18.2 Å². The Morgan fingerprint density at radius 2 is 1.74 bits per heavy atom. The van der Waals surface area contributed by atoms with Gasteiger partial charge in [0.05, 0.1) is 11.1 Å². The van der Waals surface area contributed by atoms with E-state index < -0.39 is 23.8 Å². The minimum absolute atomic E-state index is 0.120. The Bertz CT molecular complexity index is 966. The molecule has 3 N–H and O–H groups in total. The first-order valence-corrected chi connectivity index (χ1v) is 11.2. The Morgan fingerprint density at radius 1 is 1.00 bits per heavy atom. The summed E-state index contributed by atoms with van der Waals surface area (Å²) in [6.07, 6.45) is 6.10. The van der Waals surface area contributed by atoms with Crippen molar-refractivity contribution in [3.8, 4) is 0 Å². The standard InChI is InChI=1S/C23H28N4O4/c24-18-2-1-7-23(18)8-10-26(11-9-23)13-14-3-4-15-16(12-14)22(31)27(21(15)30)17-5-6-19(28)25-20(17)29/h3-4,12,17-18H,1-2,5-11,13,24H2,(H,25,28,29). The molecule has 0 radical (unpaired) electrons. The van der Waals surface area contributed by atoms with Gasteiger partial charge in [-0.15, -0.1) is 0 Å². The lowest BCUT2D eigenvalue weighted by molar-refractivity contribution is -0.136. The Hall–Kier alpha value is -2.58. The Balaban J connectivity index is 1.28. The number of likely N-dealkylation sites (tertiary alicyclic amines) is 1. The van der Waals surface area contributed by atoms with Crippen molar-refractivity contribution in [1.29, 1.82) is 0 Å². The van der Waals surface area contributed by atoms with Gasteiger partial charge >= 0.3 is 0 Å². The highest BCUT2D eigenvalue weighted by Crippen LogP contribution is 2.45. The second-order valence-corrected chi connectivity index (χ2v) is 9.46. The highest BCUT2D eigenvalue weighted by molar-refractivity contribution is 6.23. The number of carbonyl (C=O) groups is 4. The minimum Gasteiger partial charge on any atom is -0.327 e. The lowest BCUT2D eigenvalue weighted by atomic mass is 9.74. The summed E-state index contributed by atoms with van der Waals surface area (Å²) in [5.41, 5.74) is 8.34. The SMILES string of the molecule is NC1CCCC12CCN(Cc1ccc3c(c1)C(=O)N(C1CCC(=O)NC1=O)C3=O)CC2. The van der Waals surface area contributed by atoms with Crippen molar-refractivity contribution in [2.45, 2.75) is 63.6 Å². The molecule has 2 unspecified atom stereocenters. The molecule has 1 spiro atoms. The average molecular weight is 425 g/mol. The van der Waals surface area contributed by atoms with Crippen LogP contribution in [0.25, 0.3) is 0 Å². The summed E-state index contributed by atoms with van der Waals surface area (Å²) >= 11 is 0. The van der Waals surface area contributed by atoms with Crippen LogP contribution in [0.3, 0.4) is 0 Å². The molecule has 4 amide bonds. The number of imide groups is 2. The zero-order chi connectivity index (χ0) is 21.8. The van der Waals surface area contributed by atoms with Crippen molar-refractivity contribution in [1.82, 2.24) is 15.1 Å². The van der Waals surface area contributed by atoms with Crippen LogP contribution in [0.2, 0.25) is 0 Å². The molecule has 1 aromatic rings. The first kappa shape index (κ1) is 20.3. The summed E-state index contributed by atoms with van der Waals surface area (Å²) in [6.45, 7) is 2.69. The number of piperidine rings is 2.